The van der Waals surface area contributed by atoms with Crippen molar-refractivity contribution >= 4 is 17.9 Å². The summed E-state index contributed by atoms with van der Waals surface area (Å²) in [6.45, 7) is 1.89. The molecular weight excluding hydrogens is 230 g/mol. The Morgan fingerprint density at radius 1 is 1.65 bits per heavy atom. The smallest absolute Gasteiger partial charge is 0.334 e. The van der Waals surface area contributed by atoms with Crippen molar-refractivity contribution in [3.05, 3.63) is 0 Å². The lowest BCUT2D eigenvalue weighted by Crippen LogP contribution is -2.58. The lowest BCUT2D eigenvalue weighted by molar-refractivity contribution is -0.146. The minimum Gasteiger partial charge on any atom is -0.479 e. The zero-order valence-corrected chi connectivity index (χ0v) is 9.34. The molecule has 2 unspecified atom stereocenters. The summed E-state index contributed by atoms with van der Waals surface area (Å²) < 4.78 is 0. The third-order valence-corrected chi connectivity index (χ3v) is 2.49. The molecule has 17 heavy (non-hydrogen) atoms. The number of nitrogens with one attached hydrogen (secondary N) is 2. The number of amides is 3. The number of carbonyl (C=O) groups is 3. The maximum Gasteiger partial charge on any atom is 0.334 e. The molecule has 0 saturated carbocycles. The SMILES string of the molecule is CC1C(=O)NCCN1C(=O)NCC(O)C(=O)O. The topological polar surface area (TPSA) is 119 Å². The average molecular weight is 245 g/mol. The molecule has 1 aliphatic heterocycles. The summed E-state index contributed by atoms with van der Waals surface area (Å²) in [5.74, 6) is -1.67. The minimum absolute atomic E-state index is 0.259. The summed E-state index contributed by atoms with van der Waals surface area (Å²) >= 11 is 0. The first kappa shape index (κ1) is 13.2. The Kier molecular flexibility index (Phi) is 4.27. The Hall–Kier alpha value is -1.83. The molecule has 0 aromatic heterocycles. The highest BCUT2D eigenvalue weighted by Gasteiger charge is 2.29. The number of aliphatic hydroxyl groups is 1. The van der Waals surface area contributed by atoms with E-state index in [2.05, 4.69) is 10.6 Å². The van der Waals surface area contributed by atoms with Crippen molar-refractivity contribution in [2.24, 2.45) is 0 Å². The molecule has 4 N–H and O–H groups in total. The zero-order valence-electron chi connectivity index (χ0n) is 9.34. The molecule has 8 heteroatoms. The number of carboxylic acids is 1. The lowest BCUT2D eigenvalue weighted by atomic mass is 10.2. The predicted molar refractivity (Wildman–Crippen MR) is 56.2 cm³/mol. The van der Waals surface area contributed by atoms with Crippen LogP contribution >= 0.6 is 0 Å². The predicted octanol–water partition coefficient (Wildman–Crippen LogP) is -2.04. The van der Waals surface area contributed by atoms with E-state index in [4.69, 9.17) is 10.2 Å². The summed E-state index contributed by atoms with van der Waals surface area (Å²) in [4.78, 5) is 34.5. The van der Waals surface area contributed by atoms with Gasteiger partial charge in [0.1, 0.15) is 6.04 Å². The van der Waals surface area contributed by atoms with Gasteiger partial charge in [0.2, 0.25) is 5.91 Å². The standard InChI is InChI=1S/C9H15N3O5/c1-5-7(14)10-2-3-12(5)9(17)11-4-6(13)8(15)16/h5-6,13H,2-4H2,1H3,(H,10,14)(H,11,17)(H,15,16). The number of aliphatic hydroxyl groups excluding tert-OH is 1. The van der Waals surface area contributed by atoms with Crippen LogP contribution in [-0.2, 0) is 9.59 Å². The number of nitrogens with zero attached hydrogens (tertiary/aromatic N) is 1. The largest absolute Gasteiger partial charge is 0.479 e. The first-order chi connectivity index (χ1) is 7.93. The number of urea groups is 1. The van der Waals surface area contributed by atoms with Crippen molar-refractivity contribution in [1.82, 2.24) is 15.5 Å². The number of aliphatic carboxylic acids is 1. The van der Waals surface area contributed by atoms with Crippen molar-refractivity contribution in [2.45, 2.75) is 19.1 Å². The average Bonchev–Trinajstić information content (AvgIpc) is 2.29. The molecule has 1 aliphatic rings. The fourth-order valence-corrected chi connectivity index (χ4v) is 1.43. The van der Waals surface area contributed by atoms with Gasteiger partial charge in [0.25, 0.3) is 0 Å². The zero-order chi connectivity index (χ0) is 13.0. The first-order valence-corrected chi connectivity index (χ1v) is 5.16. The second kappa shape index (κ2) is 5.48. The van der Waals surface area contributed by atoms with Crippen molar-refractivity contribution < 1.29 is 24.6 Å². The van der Waals surface area contributed by atoms with E-state index in [1.165, 1.54) is 4.90 Å². The second-order valence-corrected chi connectivity index (χ2v) is 3.70. The highest BCUT2D eigenvalue weighted by molar-refractivity contribution is 5.88. The van der Waals surface area contributed by atoms with Crippen molar-refractivity contribution in [3.8, 4) is 0 Å². The minimum atomic E-state index is -1.65. The molecule has 1 saturated heterocycles. The first-order valence-electron chi connectivity index (χ1n) is 5.16. The molecule has 1 rings (SSSR count). The van der Waals surface area contributed by atoms with E-state index in [0.717, 1.165) is 0 Å². The van der Waals surface area contributed by atoms with Crippen LogP contribution < -0.4 is 10.6 Å². The van der Waals surface area contributed by atoms with E-state index in [0.29, 0.717) is 13.1 Å². The summed E-state index contributed by atoms with van der Waals surface area (Å²) in [6, 6.07) is -1.17. The number of carbonyl (C=O) groups excluding carboxylic acids is 2. The van der Waals surface area contributed by atoms with Gasteiger partial charge in [-0.15, -0.1) is 0 Å². The summed E-state index contributed by atoms with van der Waals surface area (Å²) in [7, 11) is 0. The van der Waals surface area contributed by atoms with Crippen LogP contribution in [0.2, 0.25) is 0 Å². The van der Waals surface area contributed by atoms with E-state index < -0.39 is 24.1 Å². The third kappa shape index (κ3) is 3.31. The van der Waals surface area contributed by atoms with Crippen LogP contribution in [0.1, 0.15) is 6.92 Å². The van der Waals surface area contributed by atoms with E-state index >= 15 is 0 Å². The Balaban J connectivity index is 2.47. The molecule has 0 aromatic rings. The van der Waals surface area contributed by atoms with E-state index in [-0.39, 0.29) is 12.5 Å². The maximum atomic E-state index is 11.6. The van der Waals surface area contributed by atoms with Crippen LogP contribution in [0.15, 0.2) is 0 Å². The van der Waals surface area contributed by atoms with Crippen LogP contribution in [0.3, 0.4) is 0 Å². The van der Waals surface area contributed by atoms with Crippen LogP contribution in [0, 0.1) is 0 Å². The Morgan fingerprint density at radius 3 is 2.88 bits per heavy atom. The quantitative estimate of drug-likeness (QED) is 0.457. The number of carboxylic acid groups (broad SMARTS) is 1. The summed E-state index contributed by atoms with van der Waals surface area (Å²) in [5.41, 5.74) is 0. The Bertz CT molecular complexity index is 333. The van der Waals surface area contributed by atoms with Crippen LogP contribution in [0.25, 0.3) is 0 Å². The molecule has 0 aliphatic carbocycles. The molecule has 8 nitrogen and oxygen atoms in total. The van der Waals surface area contributed by atoms with Gasteiger partial charge in [0, 0.05) is 13.1 Å². The third-order valence-electron chi connectivity index (χ3n) is 2.49. The van der Waals surface area contributed by atoms with E-state index in [1.54, 1.807) is 6.92 Å². The monoisotopic (exact) mass is 245 g/mol. The van der Waals surface area contributed by atoms with Crippen LogP contribution in [-0.4, -0.2) is 64.8 Å². The van der Waals surface area contributed by atoms with Gasteiger partial charge in [-0.1, -0.05) is 0 Å². The van der Waals surface area contributed by atoms with E-state index in [1.807, 2.05) is 0 Å². The second-order valence-electron chi connectivity index (χ2n) is 3.70. The van der Waals surface area contributed by atoms with Gasteiger partial charge in [0.05, 0.1) is 6.54 Å². The normalized spacial score (nSPS) is 21.6. The van der Waals surface area contributed by atoms with Crippen LogP contribution in [0.4, 0.5) is 4.79 Å². The van der Waals surface area contributed by atoms with Gasteiger partial charge < -0.3 is 25.7 Å². The molecule has 0 radical (unpaired) electrons. The van der Waals surface area contributed by atoms with E-state index in [9.17, 15) is 14.4 Å². The number of hydrogen-bond donors (Lipinski definition) is 4. The van der Waals surface area contributed by atoms with Gasteiger partial charge in [-0.05, 0) is 6.92 Å². The fourth-order valence-electron chi connectivity index (χ4n) is 1.43. The highest BCUT2D eigenvalue weighted by atomic mass is 16.4. The summed E-state index contributed by atoms with van der Waals surface area (Å²) in [5, 5.41) is 22.3. The molecule has 3 amide bonds. The summed E-state index contributed by atoms with van der Waals surface area (Å²) in [6.07, 6.45) is -1.65. The number of rotatable bonds is 3. The maximum absolute atomic E-state index is 11.6. The van der Waals surface area contributed by atoms with Crippen LogP contribution in [0.5, 0.6) is 0 Å². The lowest BCUT2D eigenvalue weighted by Gasteiger charge is -2.32. The number of piperazine rings is 1. The molecule has 2 atom stereocenters. The fraction of sp³-hybridized carbons (Fsp3) is 0.667. The highest BCUT2D eigenvalue weighted by Crippen LogP contribution is 2.03. The van der Waals surface area contributed by atoms with Crippen molar-refractivity contribution in [1.29, 1.82) is 0 Å². The molecular formula is C9H15N3O5. The molecule has 0 aromatic carbocycles. The van der Waals surface area contributed by atoms with Gasteiger partial charge in [0.15, 0.2) is 6.10 Å². The van der Waals surface area contributed by atoms with Crippen molar-refractivity contribution in [2.75, 3.05) is 19.6 Å². The molecule has 0 spiro atoms. The van der Waals surface area contributed by atoms with Gasteiger partial charge in [-0.3, -0.25) is 4.79 Å². The molecule has 1 heterocycles. The van der Waals surface area contributed by atoms with Gasteiger partial charge in [-0.25, -0.2) is 9.59 Å². The van der Waals surface area contributed by atoms with Crippen molar-refractivity contribution in [3.63, 3.8) is 0 Å². The molecule has 96 valence electrons. The van der Waals surface area contributed by atoms with Gasteiger partial charge >= 0.3 is 12.0 Å². The van der Waals surface area contributed by atoms with Gasteiger partial charge in [-0.2, -0.15) is 0 Å². The molecule has 1 fully saturated rings. The Labute approximate surface area is 97.6 Å². The number of hydrogen-bond acceptors (Lipinski definition) is 4. The molecule has 0 bridgehead atoms. The Morgan fingerprint density at radius 2 is 2.29 bits per heavy atom.